The lowest BCUT2D eigenvalue weighted by atomic mass is 10.2. The van der Waals surface area contributed by atoms with E-state index in [0.717, 1.165) is 17.2 Å². The largest absolute Gasteiger partial charge is 0.352 e. The molecule has 0 saturated heterocycles. The molecule has 62 valence electrons. The average Bonchev–Trinajstić information content (AvgIpc) is 2.58. The summed E-state index contributed by atoms with van der Waals surface area (Å²) in [7, 11) is 0. The third-order valence-electron chi connectivity index (χ3n) is 1.90. The van der Waals surface area contributed by atoms with Gasteiger partial charge in [-0.2, -0.15) is 5.26 Å². The Morgan fingerprint density at radius 3 is 2.92 bits per heavy atom. The predicted molar refractivity (Wildman–Crippen MR) is 48.4 cm³/mol. The van der Waals surface area contributed by atoms with Gasteiger partial charge in [-0.15, -0.1) is 0 Å². The molecule has 0 fully saturated rings. The molecule has 0 radical (unpaired) electrons. The quantitative estimate of drug-likeness (QED) is 0.664. The standard InChI is InChI=1S/C10H6N2O/c11-5-7-1-2-8-4-9(6-13)12-10(8)3-7/h1-4,6,12H. The van der Waals surface area contributed by atoms with Crippen molar-refractivity contribution in [2.24, 2.45) is 0 Å². The summed E-state index contributed by atoms with van der Waals surface area (Å²) < 4.78 is 0. The Hall–Kier alpha value is -2.08. The van der Waals surface area contributed by atoms with Crippen LogP contribution >= 0.6 is 0 Å². The van der Waals surface area contributed by atoms with Crippen molar-refractivity contribution in [1.29, 1.82) is 5.26 Å². The number of carbonyl (C=O) groups excluding carboxylic acids is 1. The van der Waals surface area contributed by atoms with Crippen LogP contribution in [0.2, 0.25) is 0 Å². The first-order valence-corrected chi connectivity index (χ1v) is 3.81. The van der Waals surface area contributed by atoms with E-state index in [0.29, 0.717) is 11.3 Å². The van der Waals surface area contributed by atoms with Crippen molar-refractivity contribution >= 4 is 17.2 Å². The van der Waals surface area contributed by atoms with E-state index < -0.39 is 0 Å². The average molecular weight is 170 g/mol. The fraction of sp³-hybridized carbons (Fsp3) is 0. The van der Waals surface area contributed by atoms with Crippen molar-refractivity contribution < 1.29 is 4.79 Å². The molecule has 0 aliphatic heterocycles. The molecule has 1 aromatic heterocycles. The van der Waals surface area contributed by atoms with Crippen LogP contribution in [-0.2, 0) is 0 Å². The van der Waals surface area contributed by atoms with Gasteiger partial charge in [0.15, 0.2) is 6.29 Å². The fourth-order valence-electron chi connectivity index (χ4n) is 1.28. The van der Waals surface area contributed by atoms with E-state index in [1.807, 2.05) is 12.1 Å². The summed E-state index contributed by atoms with van der Waals surface area (Å²) in [5, 5.41) is 9.57. The number of hydrogen-bond donors (Lipinski definition) is 1. The summed E-state index contributed by atoms with van der Waals surface area (Å²) in [4.78, 5) is 13.3. The topological polar surface area (TPSA) is 56.6 Å². The number of nitrogens with zero attached hydrogens (tertiary/aromatic N) is 1. The minimum Gasteiger partial charge on any atom is -0.352 e. The highest BCUT2D eigenvalue weighted by Crippen LogP contribution is 2.15. The number of aldehydes is 1. The number of rotatable bonds is 1. The molecule has 3 nitrogen and oxygen atoms in total. The minimum absolute atomic E-state index is 0.532. The Balaban J connectivity index is 2.72. The molecule has 0 amide bonds. The molecule has 2 rings (SSSR count). The van der Waals surface area contributed by atoms with Crippen molar-refractivity contribution in [2.75, 3.05) is 0 Å². The Bertz CT molecular complexity index is 505. The maximum atomic E-state index is 10.4. The molecule has 0 unspecified atom stereocenters. The highest BCUT2D eigenvalue weighted by Gasteiger charge is 1.99. The van der Waals surface area contributed by atoms with Crippen LogP contribution in [0.15, 0.2) is 24.3 Å². The smallest absolute Gasteiger partial charge is 0.166 e. The summed E-state index contributed by atoms with van der Waals surface area (Å²) in [5.41, 5.74) is 1.94. The van der Waals surface area contributed by atoms with Gasteiger partial charge >= 0.3 is 0 Å². The van der Waals surface area contributed by atoms with E-state index in [1.165, 1.54) is 0 Å². The lowest BCUT2D eigenvalue weighted by Gasteiger charge is -1.88. The number of nitriles is 1. The van der Waals surface area contributed by atoms with Crippen LogP contribution in [0.5, 0.6) is 0 Å². The van der Waals surface area contributed by atoms with E-state index >= 15 is 0 Å². The number of aromatic amines is 1. The highest BCUT2D eigenvalue weighted by atomic mass is 16.1. The van der Waals surface area contributed by atoms with Gasteiger partial charge in [-0.3, -0.25) is 4.79 Å². The molecule has 0 atom stereocenters. The SMILES string of the molecule is N#Cc1ccc2cc(C=O)[nH]c2c1. The van der Waals surface area contributed by atoms with Crippen LogP contribution in [0.25, 0.3) is 10.9 Å². The number of fused-ring (bicyclic) bond motifs is 1. The molecule has 0 aliphatic rings. The van der Waals surface area contributed by atoms with Gasteiger partial charge in [0.05, 0.1) is 17.3 Å². The zero-order valence-corrected chi connectivity index (χ0v) is 6.74. The van der Waals surface area contributed by atoms with Crippen LogP contribution in [0.1, 0.15) is 16.1 Å². The van der Waals surface area contributed by atoms with Crippen molar-refractivity contribution in [3.8, 4) is 6.07 Å². The summed E-state index contributed by atoms with van der Waals surface area (Å²) in [5.74, 6) is 0. The Kier molecular flexibility index (Phi) is 1.60. The first-order valence-electron chi connectivity index (χ1n) is 3.81. The van der Waals surface area contributed by atoms with Gasteiger partial charge in [-0.25, -0.2) is 0 Å². The first kappa shape index (κ1) is 7.56. The summed E-state index contributed by atoms with van der Waals surface area (Å²) in [6.07, 6.45) is 0.756. The van der Waals surface area contributed by atoms with Gasteiger partial charge in [0.25, 0.3) is 0 Å². The molecule has 0 aliphatic carbocycles. The van der Waals surface area contributed by atoms with Crippen LogP contribution in [0.4, 0.5) is 0 Å². The molecular formula is C10H6N2O. The van der Waals surface area contributed by atoms with Crippen molar-refractivity contribution in [1.82, 2.24) is 4.98 Å². The molecule has 13 heavy (non-hydrogen) atoms. The maximum Gasteiger partial charge on any atom is 0.166 e. The lowest BCUT2D eigenvalue weighted by Crippen LogP contribution is -1.76. The monoisotopic (exact) mass is 170 g/mol. The van der Waals surface area contributed by atoms with Crippen LogP contribution in [-0.4, -0.2) is 11.3 Å². The number of carbonyl (C=O) groups is 1. The van der Waals surface area contributed by atoms with Gasteiger partial charge in [-0.05, 0) is 18.2 Å². The zero-order chi connectivity index (χ0) is 9.26. The molecule has 0 spiro atoms. The molecule has 3 heteroatoms. The number of H-pyrrole nitrogens is 1. The van der Waals surface area contributed by atoms with E-state index in [9.17, 15) is 4.79 Å². The zero-order valence-electron chi connectivity index (χ0n) is 6.74. The van der Waals surface area contributed by atoms with E-state index in [2.05, 4.69) is 4.98 Å². The van der Waals surface area contributed by atoms with Crippen molar-refractivity contribution in [3.63, 3.8) is 0 Å². The fourth-order valence-corrected chi connectivity index (χ4v) is 1.28. The number of benzene rings is 1. The first-order chi connectivity index (χ1) is 6.33. The minimum atomic E-state index is 0.532. The third kappa shape index (κ3) is 1.18. The van der Waals surface area contributed by atoms with Gasteiger partial charge in [0, 0.05) is 10.9 Å². The highest BCUT2D eigenvalue weighted by molar-refractivity contribution is 5.88. The van der Waals surface area contributed by atoms with Gasteiger partial charge in [0.2, 0.25) is 0 Å². The van der Waals surface area contributed by atoms with Crippen LogP contribution in [0.3, 0.4) is 0 Å². The molecular weight excluding hydrogens is 164 g/mol. The van der Waals surface area contributed by atoms with Crippen molar-refractivity contribution in [2.45, 2.75) is 0 Å². The van der Waals surface area contributed by atoms with E-state index in [4.69, 9.17) is 5.26 Å². The number of nitrogens with one attached hydrogen (secondary N) is 1. The lowest BCUT2D eigenvalue weighted by molar-refractivity contribution is 0.112. The second-order valence-electron chi connectivity index (χ2n) is 2.76. The molecule has 2 aromatic rings. The molecule has 1 N–H and O–H groups in total. The molecule has 0 bridgehead atoms. The number of hydrogen-bond acceptors (Lipinski definition) is 2. The van der Waals surface area contributed by atoms with Gasteiger partial charge in [-0.1, -0.05) is 6.07 Å². The van der Waals surface area contributed by atoms with Crippen LogP contribution < -0.4 is 0 Å². The van der Waals surface area contributed by atoms with Crippen molar-refractivity contribution in [3.05, 3.63) is 35.5 Å². The number of aromatic nitrogens is 1. The second kappa shape index (κ2) is 2.76. The Labute approximate surface area is 74.6 Å². The Morgan fingerprint density at radius 2 is 2.23 bits per heavy atom. The normalized spacial score (nSPS) is 9.77. The summed E-state index contributed by atoms with van der Waals surface area (Å²) in [6.45, 7) is 0. The van der Waals surface area contributed by atoms with Gasteiger partial charge < -0.3 is 4.98 Å². The molecule has 1 aromatic carbocycles. The predicted octanol–water partition coefficient (Wildman–Crippen LogP) is 1.85. The second-order valence-corrected chi connectivity index (χ2v) is 2.76. The Morgan fingerprint density at radius 1 is 1.38 bits per heavy atom. The third-order valence-corrected chi connectivity index (χ3v) is 1.90. The molecule has 1 heterocycles. The van der Waals surface area contributed by atoms with Gasteiger partial charge in [0.1, 0.15) is 0 Å². The van der Waals surface area contributed by atoms with E-state index in [1.54, 1.807) is 18.2 Å². The molecule has 0 saturated carbocycles. The summed E-state index contributed by atoms with van der Waals surface area (Å²) >= 11 is 0. The van der Waals surface area contributed by atoms with E-state index in [-0.39, 0.29) is 0 Å². The summed E-state index contributed by atoms with van der Waals surface area (Å²) in [6, 6.07) is 9.06. The maximum absolute atomic E-state index is 10.4. The van der Waals surface area contributed by atoms with Crippen LogP contribution in [0, 0.1) is 11.3 Å².